The van der Waals surface area contributed by atoms with Crippen LogP contribution >= 0.6 is 0 Å². The van der Waals surface area contributed by atoms with E-state index in [1.54, 1.807) is 0 Å². The Balaban J connectivity index is 1.92. The van der Waals surface area contributed by atoms with Gasteiger partial charge in [-0.15, -0.1) is 0 Å². The quantitative estimate of drug-likeness (QED) is 0.187. The van der Waals surface area contributed by atoms with Crippen LogP contribution < -0.4 is 0 Å². The summed E-state index contributed by atoms with van der Waals surface area (Å²) < 4.78 is 17.1. The molecule has 29 heavy (non-hydrogen) atoms. The molecule has 0 bridgehead atoms. The molecule has 160 valence electrons. The fourth-order valence-electron chi connectivity index (χ4n) is 4.33. The zero-order chi connectivity index (χ0) is 21.3. The number of carbonyl (C=O) groups excluding carboxylic acids is 2. The largest absolute Gasteiger partial charge is 0.454 e. The Morgan fingerprint density at radius 1 is 1.38 bits per heavy atom. The lowest BCUT2D eigenvalue weighted by Crippen LogP contribution is -2.37. The molecule has 1 aliphatic carbocycles. The minimum absolute atomic E-state index is 0.0842. The van der Waals surface area contributed by atoms with Crippen LogP contribution in [-0.4, -0.2) is 47.2 Å². The fourth-order valence-corrected chi connectivity index (χ4v) is 4.33. The number of hydrogen-bond donors (Lipinski definition) is 1. The SMILES string of the molecule is C=C1CCC=C(C)C(OC(C)=O)C2OC(=O)C(=C)C2CC2OC2(C)CCC1OO. The predicted molar refractivity (Wildman–Crippen MR) is 105 cm³/mol. The number of esters is 2. The lowest BCUT2D eigenvalue weighted by Gasteiger charge is -2.27. The highest BCUT2D eigenvalue weighted by molar-refractivity contribution is 5.91. The average molecular weight is 406 g/mol. The normalized spacial score (nSPS) is 38.3. The highest BCUT2D eigenvalue weighted by Gasteiger charge is 2.56. The summed E-state index contributed by atoms with van der Waals surface area (Å²) in [6.07, 6.45) is 3.15. The molecule has 2 heterocycles. The zero-order valence-corrected chi connectivity index (χ0v) is 17.3. The van der Waals surface area contributed by atoms with E-state index in [0.29, 0.717) is 37.7 Å². The number of hydrogen-bond acceptors (Lipinski definition) is 7. The summed E-state index contributed by atoms with van der Waals surface area (Å²) in [5, 5.41) is 9.29. The van der Waals surface area contributed by atoms with E-state index in [-0.39, 0.29) is 17.6 Å². The van der Waals surface area contributed by atoms with Crippen molar-refractivity contribution in [1.82, 2.24) is 0 Å². The maximum atomic E-state index is 12.3. The van der Waals surface area contributed by atoms with Gasteiger partial charge in [0, 0.05) is 18.4 Å². The van der Waals surface area contributed by atoms with E-state index in [1.807, 2.05) is 19.9 Å². The Bertz CT molecular complexity index is 739. The first kappa shape index (κ1) is 21.7. The van der Waals surface area contributed by atoms with E-state index >= 15 is 0 Å². The highest BCUT2D eigenvalue weighted by atomic mass is 17.1. The molecule has 7 heteroatoms. The maximum absolute atomic E-state index is 12.3. The molecule has 1 N–H and O–H groups in total. The Labute approximate surface area is 171 Å². The van der Waals surface area contributed by atoms with Gasteiger partial charge in [0.1, 0.15) is 12.2 Å². The predicted octanol–water partition coefficient (Wildman–Crippen LogP) is 3.50. The van der Waals surface area contributed by atoms with Crippen molar-refractivity contribution in [2.75, 3.05) is 0 Å². The molecule has 0 radical (unpaired) electrons. The summed E-state index contributed by atoms with van der Waals surface area (Å²) in [6, 6.07) is 0. The maximum Gasteiger partial charge on any atom is 0.334 e. The van der Waals surface area contributed by atoms with Crippen molar-refractivity contribution < 1.29 is 33.9 Å². The van der Waals surface area contributed by atoms with Gasteiger partial charge in [-0.3, -0.25) is 10.1 Å². The summed E-state index contributed by atoms with van der Waals surface area (Å²) in [4.78, 5) is 28.7. The van der Waals surface area contributed by atoms with E-state index in [1.165, 1.54) is 6.92 Å². The van der Waals surface area contributed by atoms with E-state index in [0.717, 1.165) is 11.1 Å². The Morgan fingerprint density at radius 3 is 2.76 bits per heavy atom. The van der Waals surface area contributed by atoms with E-state index in [4.69, 9.17) is 14.2 Å². The number of ether oxygens (including phenoxy) is 3. The Hall–Kier alpha value is -1.96. The van der Waals surface area contributed by atoms with Gasteiger partial charge in [-0.25, -0.2) is 9.68 Å². The molecule has 6 atom stereocenters. The van der Waals surface area contributed by atoms with E-state index in [2.05, 4.69) is 18.0 Å². The molecular weight excluding hydrogens is 376 g/mol. The zero-order valence-electron chi connectivity index (χ0n) is 17.3. The van der Waals surface area contributed by atoms with Crippen LogP contribution in [0.4, 0.5) is 0 Å². The molecule has 0 saturated carbocycles. The second-order valence-electron chi connectivity index (χ2n) is 8.46. The third kappa shape index (κ3) is 4.63. The van der Waals surface area contributed by atoms with Crippen molar-refractivity contribution in [2.24, 2.45) is 5.92 Å². The number of rotatable bonds is 2. The molecule has 7 nitrogen and oxygen atoms in total. The Kier molecular flexibility index (Phi) is 6.31. The van der Waals surface area contributed by atoms with Crippen molar-refractivity contribution in [1.29, 1.82) is 0 Å². The third-order valence-corrected chi connectivity index (χ3v) is 6.31. The summed E-state index contributed by atoms with van der Waals surface area (Å²) in [5.74, 6) is -1.20. The molecule has 3 rings (SSSR count). The van der Waals surface area contributed by atoms with Crippen molar-refractivity contribution in [3.05, 3.63) is 36.0 Å². The van der Waals surface area contributed by atoms with E-state index in [9.17, 15) is 14.8 Å². The number of allylic oxidation sites excluding steroid dienone is 1. The van der Waals surface area contributed by atoms with Crippen LogP contribution in [0.3, 0.4) is 0 Å². The van der Waals surface area contributed by atoms with Crippen molar-refractivity contribution in [3.63, 3.8) is 0 Å². The summed E-state index contributed by atoms with van der Waals surface area (Å²) in [7, 11) is 0. The molecule has 0 spiro atoms. The fraction of sp³-hybridized carbons (Fsp3) is 0.636. The topological polar surface area (TPSA) is 94.6 Å². The first-order chi connectivity index (χ1) is 13.7. The smallest absolute Gasteiger partial charge is 0.334 e. The van der Waals surface area contributed by atoms with Gasteiger partial charge >= 0.3 is 11.9 Å². The summed E-state index contributed by atoms with van der Waals surface area (Å²) in [6.45, 7) is 13.2. The first-order valence-electron chi connectivity index (χ1n) is 10.1. The van der Waals surface area contributed by atoms with Gasteiger partial charge in [-0.1, -0.05) is 19.2 Å². The number of carbonyl (C=O) groups is 2. The molecule has 6 unspecified atom stereocenters. The monoisotopic (exact) mass is 406 g/mol. The molecule has 2 aliphatic heterocycles. The van der Waals surface area contributed by atoms with E-state index < -0.39 is 30.3 Å². The molecule has 0 aromatic heterocycles. The second kappa shape index (κ2) is 8.42. The van der Waals surface area contributed by atoms with Crippen molar-refractivity contribution in [3.8, 4) is 0 Å². The minimum atomic E-state index is -0.688. The van der Waals surface area contributed by atoms with Gasteiger partial charge in [0.2, 0.25) is 0 Å². The molecule has 0 amide bonds. The van der Waals surface area contributed by atoms with Gasteiger partial charge in [-0.2, -0.15) is 0 Å². The van der Waals surface area contributed by atoms with Crippen LogP contribution in [0.25, 0.3) is 0 Å². The second-order valence-corrected chi connectivity index (χ2v) is 8.46. The van der Waals surface area contributed by atoms with Gasteiger partial charge in [-0.05, 0) is 57.1 Å². The molecule has 2 saturated heterocycles. The van der Waals surface area contributed by atoms with Crippen LogP contribution in [0.2, 0.25) is 0 Å². The van der Waals surface area contributed by atoms with Crippen LogP contribution in [0, 0.1) is 5.92 Å². The number of epoxide rings is 1. The van der Waals surface area contributed by atoms with Crippen molar-refractivity contribution >= 4 is 11.9 Å². The van der Waals surface area contributed by atoms with Gasteiger partial charge in [0.15, 0.2) is 6.10 Å². The van der Waals surface area contributed by atoms with Crippen LogP contribution in [-0.2, 0) is 28.7 Å². The van der Waals surface area contributed by atoms with Gasteiger partial charge in [0.25, 0.3) is 0 Å². The standard InChI is InChI=1S/C22H30O7/c1-12-7-6-8-13(2)19(26-15(4)23)20-16(14(3)21(24)27-20)11-18-22(5,28-18)10-9-17(12)29-25/h8,16-20,25H,1,3,6-7,9-11H2,2,4-5H3. The third-order valence-electron chi connectivity index (χ3n) is 6.31. The molecule has 2 fully saturated rings. The lowest BCUT2D eigenvalue weighted by molar-refractivity contribution is -0.270. The highest BCUT2D eigenvalue weighted by Crippen LogP contribution is 2.48. The Morgan fingerprint density at radius 2 is 2.10 bits per heavy atom. The first-order valence-corrected chi connectivity index (χ1v) is 10.1. The van der Waals surface area contributed by atoms with Crippen LogP contribution in [0.1, 0.15) is 52.9 Å². The average Bonchev–Trinajstić information content (AvgIpc) is 3.21. The lowest BCUT2D eigenvalue weighted by atomic mass is 9.83. The van der Waals surface area contributed by atoms with Crippen LogP contribution in [0.5, 0.6) is 0 Å². The molecule has 0 aromatic carbocycles. The minimum Gasteiger partial charge on any atom is -0.454 e. The summed E-state index contributed by atoms with van der Waals surface area (Å²) in [5.41, 5.74) is 1.59. The molecule has 3 aliphatic rings. The van der Waals surface area contributed by atoms with Crippen molar-refractivity contribution in [2.45, 2.75) is 82.9 Å². The molecule has 0 aromatic rings. The van der Waals surface area contributed by atoms with Crippen LogP contribution in [0.15, 0.2) is 36.0 Å². The van der Waals surface area contributed by atoms with Gasteiger partial charge in [0.05, 0.1) is 11.7 Å². The molecular formula is C22H30O7. The van der Waals surface area contributed by atoms with Gasteiger partial charge < -0.3 is 14.2 Å². The summed E-state index contributed by atoms with van der Waals surface area (Å²) >= 11 is 0. The number of fused-ring (bicyclic) bond motifs is 2.